The van der Waals surface area contributed by atoms with E-state index in [0.717, 1.165) is 5.75 Å². The van der Waals surface area contributed by atoms with E-state index in [0.29, 0.717) is 26.4 Å². The van der Waals surface area contributed by atoms with Crippen molar-refractivity contribution in [2.45, 2.75) is 37.3 Å². The average Bonchev–Trinajstić information content (AvgIpc) is 3.20. The molecule has 30 heavy (non-hydrogen) atoms. The number of ether oxygens (including phenoxy) is 3. The molecule has 0 spiro atoms. The maximum Gasteiger partial charge on any atom is 0.0990 e. The van der Waals surface area contributed by atoms with Crippen molar-refractivity contribution < 1.29 is 14.2 Å². The minimum absolute atomic E-state index is 0.00897. The third-order valence-corrected chi connectivity index (χ3v) is 6.55. The molecule has 1 heterocycles. The maximum atomic E-state index is 6.38. The summed E-state index contributed by atoms with van der Waals surface area (Å²) in [6.07, 6.45) is 0.0685. The Hall–Kier alpha value is -2.11. The fourth-order valence-electron chi connectivity index (χ4n) is 3.56. The van der Waals surface area contributed by atoms with Crippen LogP contribution in [0.4, 0.5) is 0 Å². The number of rotatable bonds is 10. The highest BCUT2D eigenvalue weighted by atomic mass is 32.2. The highest BCUT2D eigenvalue weighted by Crippen LogP contribution is 2.33. The highest BCUT2D eigenvalue weighted by molar-refractivity contribution is 8.00. The Labute approximate surface area is 183 Å². The van der Waals surface area contributed by atoms with Crippen LogP contribution in [0.2, 0.25) is 0 Å². The molecule has 3 atom stereocenters. The largest absolute Gasteiger partial charge is 0.376 e. The van der Waals surface area contributed by atoms with Gasteiger partial charge in [-0.15, -0.1) is 0 Å². The molecule has 3 aromatic carbocycles. The first-order valence-corrected chi connectivity index (χ1v) is 11.5. The summed E-state index contributed by atoms with van der Waals surface area (Å²) in [7, 11) is 0. The summed E-state index contributed by atoms with van der Waals surface area (Å²) in [5, 5.41) is 0.262. The van der Waals surface area contributed by atoms with Gasteiger partial charge in [0.25, 0.3) is 0 Å². The first-order valence-electron chi connectivity index (χ1n) is 10.4. The van der Waals surface area contributed by atoms with Crippen LogP contribution >= 0.6 is 11.8 Å². The van der Waals surface area contributed by atoms with Crippen LogP contribution < -0.4 is 0 Å². The van der Waals surface area contributed by atoms with Crippen molar-refractivity contribution in [2.75, 3.05) is 12.4 Å². The first kappa shape index (κ1) is 21.1. The van der Waals surface area contributed by atoms with Gasteiger partial charge in [0.1, 0.15) is 0 Å². The van der Waals surface area contributed by atoms with E-state index < -0.39 is 0 Å². The van der Waals surface area contributed by atoms with Gasteiger partial charge in [-0.3, -0.25) is 0 Å². The Balaban J connectivity index is 1.35. The van der Waals surface area contributed by atoms with Gasteiger partial charge in [0.2, 0.25) is 0 Å². The Morgan fingerprint density at radius 3 is 1.70 bits per heavy atom. The van der Waals surface area contributed by atoms with Gasteiger partial charge in [-0.1, -0.05) is 91.0 Å². The second kappa shape index (κ2) is 11.3. The zero-order chi connectivity index (χ0) is 20.4. The highest BCUT2D eigenvalue weighted by Gasteiger charge is 2.38. The summed E-state index contributed by atoms with van der Waals surface area (Å²) in [6, 6.07) is 30.9. The Kier molecular flexibility index (Phi) is 7.98. The van der Waals surface area contributed by atoms with Gasteiger partial charge in [-0.2, -0.15) is 11.8 Å². The minimum atomic E-state index is 0.00897. The SMILES string of the molecule is c1ccc(COC[C@@H]2SC[C@@H](OCc3ccccc3)[C@@H]2OCc2ccccc2)cc1. The zero-order valence-electron chi connectivity index (χ0n) is 17.1. The summed E-state index contributed by atoms with van der Waals surface area (Å²) in [6.45, 7) is 2.48. The van der Waals surface area contributed by atoms with Crippen LogP contribution in [0.1, 0.15) is 16.7 Å². The van der Waals surface area contributed by atoms with Crippen molar-refractivity contribution in [3.05, 3.63) is 108 Å². The zero-order valence-corrected chi connectivity index (χ0v) is 17.9. The van der Waals surface area contributed by atoms with Crippen LogP contribution in [0.5, 0.6) is 0 Å². The standard InChI is InChI=1S/C26H28O3S/c1-4-10-21(11-5-1)16-27-19-25-26(29-18-23-14-8-3-9-15-23)24(20-30-25)28-17-22-12-6-2-7-13-22/h1-15,24-26H,16-20H2/t24-,25+,26+/m1/s1. The quantitative estimate of drug-likeness (QED) is 0.433. The van der Waals surface area contributed by atoms with Gasteiger partial charge in [0, 0.05) is 5.75 Å². The molecule has 0 aromatic heterocycles. The van der Waals surface area contributed by atoms with Gasteiger partial charge in [0.15, 0.2) is 0 Å². The summed E-state index contributed by atoms with van der Waals surface area (Å²) in [4.78, 5) is 0. The molecule has 0 saturated carbocycles. The monoisotopic (exact) mass is 420 g/mol. The second-order valence-corrected chi connectivity index (χ2v) is 8.74. The van der Waals surface area contributed by atoms with Crippen LogP contribution in [-0.2, 0) is 34.0 Å². The van der Waals surface area contributed by atoms with E-state index in [-0.39, 0.29) is 17.5 Å². The first-order chi connectivity index (χ1) is 14.9. The van der Waals surface area contributed by atoms with E-state index >= 15 is 0 Å². The summed E-state index contributed by atoms with van der Waals surface area (Å²) >= 11 is 1.89. The van der Waals surface area contributed by atoms with Gasteiger partial charge in [-0.25, -0.2) is 0 Å². The van der Waals surface area contributed by atoms with Crippen molar-refractivity contribution in [3.63, 3.8) is 0 Å². The molecule has 0 bridgehead atoms. The molecule has 3 aromatic rings. The Morgan fingerprint density at radius 1 is 0.633 bits per heavy atom. The molecule has 1 saturated heterocycles. The third-order valence-electron chi connectivity index (χ3n) is 5.19. The lowest BCUT2D eigenvalue weighted by molar-refractivity contribution is -0.0768. The van der Waals surface area contributed by atoms with Crippen molar-refractivity contribution >= 4 is 11.8 Å². The van der Waals surface area contributed by atoms with Crippen LogP contribution in [0, 0.1) is 0 Å². The van der Waals surface area contributed by atoms with E-state index in [9.17, 15) is 0 Å². The number of benzene rings is 3. The lowest BCUT2D eigenvalue weighted by Gasteiger charge is -2.25. The maximum absolute atomic E-state index is 6.38. The Morgan fingerprint density at radius 2 is 1.13 bits per heavy atom. The topological polar surface area (TPSA) is 27.7 Å². The molecule has 0 unspecified atom stereocenters. The van der Waals surface area contributed by atoms with E-state index in [1.165, 1.54) is 16.7 Å². The number of hydrogen-bond donors (Lipinski definition) is 0. The molecule has 0 N–H and O–H groups in total. The second-order valence-electron chi connectivity index (χ2n) is 7.47. The van der Waals surface area contributed by atoms with Crippen molar-refractivity contribution in [2.24, 2.45) is 0 Å². The van der Waals surface area contributed by atoms with Crippen LogP contribution in [0.15, 0.2) is 91.0 Å². The molecule has 0 aliphatic carbocycles. The molecule has 156 valence electrons. The molecule has 1 aliphatic rings. The molecule has 0 amide bonds. The summed E-state index contributed by atoms with van der Waals surface area (Å²) in [5.41, 5.74) is 3.56. The molecular weight excluding hydrogens is 392 g/mol. The fourth-order valence-corrected chi connectivity index (χ4v) is 4.92. The average molecular weight is 421 g/mol. The minimum Gasteiger partial charge on any atom is -0.376 e. The number of hydrogen-bond acceptors (Lipinski definition) is 4. The van der Waals surface area contributed by atoms with Crippen LogP contribution in [0.25, 0.3) is 0 Å². The van der Waals surface area contributed by atoms with E-state index in [4.69, 9.17) is 14.2 Å². The molecule has 1 aliphatic heterocycles. The Bertz CT molecular complexity index is 857. The lowest BCUT2D eigenvalue weighted by Crippen LogP contribution is -2.36. The fraction of sp³-hybridized carbons (Fsp3) is 0.308. The molecule has 0 radical (unpaired) electrons. The summed E-state index contributed by atoms with van der Waals surface area (Å²) in [5.74, 6) is 0.922. The normalized spacial score (nSPS) is 21.0. The van der Waals surface area contributed by atoms with E-state index in [1.807, 2.05) is 66.4 Å². The van der Waals surface area contributed by atoms with Crippen LogP contribution in [0.3, 0.4) is 0 Å². The van der Waals surface area contributed by atoms with Crippen molar-refractivity contribution in [3.8, 4) is 0 Å². The molecule has 3 nitrogen and oxygen atoms in total. The van der Waals surface area contributed by atoms with Gasteiger partial charge >= 0.3 is 0 Å². The summed E-state index contributed by atoms with van der Waals surface area (Å²) < 4.78 is 18.7. The van der Waals surface area contributed by atoms with Gasteiger partial charge in [0.05, 0.1) is 43.9 Å². The smallest absolute Gasteiger partial charge is 0.0990 e. The van der Waals surface area contributed by atoms with Gasteiger partial charge in [-0.05, 0) is 16.7 Å². The van der Waals surface area contributed by atoms with Crippen molar-refractivity contribution in [1.82, 2.24) is 0 Å². The van der Waals surface area contributed by atoms with E-state index in [1.54, 1.807) is 0 Å². The molecule has 4 heteroatoms. The van der Waals surface area contributed by atoms with Gasteiger partial charge < -0.3 is 14.2 Å². The van der Waals surface area contributed by atoms with Crippen molar-refractivity contribution in [1.29, 1.82) is 0 Å². The third kappa shape index (κ3) is 6.19. The predicted octanol–water partition coefficient (Wildman–Crippen LogP) is 5.49. The predicted molar refractivity (Wildman–Crippen MR) is 122 cm³/mol. The van der Waals surface area contributed by atoms with Crippen LogP contribution in [-0.4, -0.2) is 29.8 Å². The molecule has 4 rings (SSSR count). The molecular formula is C26H28O3S. The lowest BCUT2D eigenvalue weighted by atomic mass is 10.1. The van der Waals surface area contributed by atoms with E-state index in [2.05, 4.69) is 36.4 Å². The number of thioether (sulfide) groups is 1. The molecule has 1 fully saturated rings.